The van der Waals surface area contributed by atoms with E-state index in [-0.39, 0.29) is 6.42 Å². The summed E-state index contributed by atoms with van der Waals surface area (Å²) in [7, 11) is -1.31. The molecule has 26 heavy (non-hydrogen) atoms. The van der Waals surface area contributed by atoms with Crippen LogP contribution < -0.4 is 10.6 Å². The van der Waals surface area contributed by atoms with Crippen LogP contribution in [0.1, 0.15) is 40.0 Å². The summed E-state index contributed by atoms with van der Waals surface area (Å²) >= 11 is 0. The maximum atomic E-state index is 11.7. The number of hydrogen-bond acceptors (Lipinski definition) is 5. The van der Waals surface area contributed by atoms with Crippen LogP contribution in [0.2, 0.25) is 25.7 Å². The van der Waals surface area contributed by atoms with Gasteiger partial charge >= 0.3 is 18.2 Å². The smallest absolute Gasteiger partial charge is 0.407 e. The Morgan fingerprint density at radius 3 is 2.19 bits per heavy atom. The van der Waals surface area contributed by atoms with Gasteiger partial charge in [-0.2, -0.15) is 0 Å². The Labute approximate surface area is 157 Å². The number of carbonyl (C=O) groups is 3. The second-order valence-corrected chi connectivity index (χ2v) is 14.0. The molecule has 1 unspecified atom stereocenters. The second-order valence-electron chi connectivity index (χ2n) is 8.41. The summed E-state index contributed by atoms with van der Waals surface area (Å²) in [6, 6.07) is -0.176. The van der Waals surface area contributed by atoms with Gasteiger partial charge in [0.15, 0.2) is 0 Å². The van der Waals surface area contributed by atoms with Crippen LogP contribution in [0.25, 0.3) is 0 Å². The van der Waals surface area contributed by atoms with E-state index in [2.05, 4.69) is 30.3 Å². The number of carboxylic acid groups (broad SMARTS) is 1. The fourth-order valence-corrected chi connectivity index (χ4v) is 2.58. The molecule has 152 valence electrons. The zero-order valence-corrected chi connectivity index (χ0v) is 17.8. The summed E-state index contributed by atoms with van der Waals surface area (Å²) in [5, 5.41) is 14.2. The average molecular weight is 391 g/mol. The van der Waals surface area contributed by atoms with Gasteiger partial charge in [0.2, 0.25) is 0 Å². The standard InChI is InChI=1S/C17H34N2O6Si/c1-17(2,3)25-15(22)18-10-8-7-9-13(14(20)21)19-16(23)24-11-12-26(4,5)6/h13H,7-12H2,1-6H3,(H,18,22)(H,19,23)(H,20,21). The fraction of sp³-hybridized carbons (Fsp3) is 0.824. The van der Waals surface area contributed by atoms with Crippen LogP contribution in [0.5, 0.6) is 0 Å². The molecule has 0 bridgehead atoms. The molecule has 8 nitrogen and oxygen atoms in total. The number of nitrogens with one attached hydrogen (secondary N) is 2. The number of ether oxygens (including phenoxy) is 2. The van der Waals surface area contributed by atoms with Crippen LogP contribution in [0.15, 0.2) is 0 Å². The third-order valence-electron chi connectivity index (χ3n) is 3.26. The third kappa shape index (κ3) is 14.6. The monoisotopic (exact) mass is 390 g/mol. The van der Waals surface area contributed by atoms with E-state index in [4.69, 9.17) is 9.47 Å². The number of hydrogen-bond donors (Lipinski definition) is 3. The maximum Gasteiger partial charge on any atom is 0.407 e. The lowest BCUT2D eigenvalue weighted by molar-refractivity contribution is -0.139. The Morgan fingerprint density at radius 1 is 1.08 bits per heavy atom. The van der Waals surface area contributed by atoms with E-state index in [1.165, 1.54) is 0 Å². The molecule has 0 aromatic heterocycles. The van der Waals surface area contributed by atoms with Gasteiger partial charge in [-0.25, -0.2) is 14.4 Å². The number of carbonyl (C=O) groups excluding carboxylic acids is 2. The number of unbranched alkanes of at least 4 members (excludes halogenated alkanes) is 1. The van der Waals surface area contributed by atoms with Crippen molar-refractivity contribution in [3.8, 4) is 0 Å². The van der Waals surface area contributed by atoms with Gasteiger partial charge in [-0.3, -0.25) is 0 Å². The highest BCUT2D eigenvalue weighted by Crippen LogP contribution is 2.08. The topological polar surface area (TPSA) is 114 Å². The summed E-state index contributed by atoms with van der Waals surface area (Å²) in [6.07, 6.45) is 0.158. The van der Waals surface area contributed by atoms with E-state index < -0.39 is 37.9 Å². The van der Waals surface area contributed by atoms with Gasteiger partial charge in [-0.05, 0) is 46.1 Å². The SMILES string of the molecule is CC(C)(C)OC(=O)NCCCCC(NC(=O)OCC[Si](C)(C)C)C(=O)O. The first kappa shape index (κ1) is 24.2. The molecule has 2 amide bonds. The van der Waals surface area contributed by atoms with E-state index in [1.807, 2.05) is 0 Å². The van der Waals surface area contributed by atoms with Crippen LogP contribution in [0.4, 0.5) is 9.59 Å². The third-order valence-corrected chi connectivity index (χ3v) is 4.97. The first-order chi connectivity index (χ1) is 11.8. The Hall–Kier alpha value is -1.77. The molecule has 0 saturated heterocycles. The molecule has 3 N–H and O–H groups in total. The van der Waals surface area contributed by atoms with Crippen molar-refractivity contribution < 1.29 is 29.0 Å². The van der Waals surface area contributed by atoms with Crippen molar-refractivity contribution in [2.75, 3.05) is 13.2 Å². The van der Waals surface area contributed by atoms with Gasteiger partial charge in [0.1, 0.15) is 11.6 Å². The largest absolute Gasteiger partial charge is 0.480 e. The Kier molecular flexibility index (Phi) is 10.3. The van der Waals surface area contributed by atoms with Crippen LogP contribution >= 0.6 is 0 Å². The van der Waals surface area contributed by atoms with E-state index >= 15 is 0 Å². The Balaban J connectivity index is 4.05. The lowest BCUT2D eigenvalue weighted by Crippen LogP contribution is -2.41. The van der Waals surface area contributed by atoms with Gasteiger partial charge in [0.25, 0.3) is 0 Å². The predicted molar refractivity (Wildman–Crippen MR) is 102 cm³/mol. The first-order valence-electron chi connectivity index (χ1n) is 8.93. The van der Waals surface area contributed by atoms with Crippen molar-refractivity contribution in [2.24, 2.45) is 0 Å². The number of amides is 2. The molecule has 0 aliphatic heterocycles. The van der Waals surface area contributed by atoms with Gasteiger partial charge in [0.05, 0.1) is 6.61 Å². The molecule has 0 heterocycles. The molecule has 0 aromatic carbocycles. The maximum absolute atomic E-state index is 11.7. The van der Waals surface area contributed by atoms with E-state index in [9.17, 15) is 19.5 Å². The molecular formula is C17H34N2O6Si. The van der Waals surface area contributed by atoms with Crippen molar-refractivity contribution in [2.45, 2.75) is 77.4 Å². The highest BCUT2D eigenvalue weighted by molar-refractivity contribution is 6.76. The molecule has 0 radical (unpaired) electrons. The fourth-order valence-electron chi connectivity index (χ4n) is 1.87. The molecule has 1 atom stereocenters. The highest BCUT2D eigenvalue weighted by atomic mass is 28.3. The van der Waals surface area contributed by atoms with Crippen molar-refractivity contribution in [1.29, 1.82) is 0 Å². The summed E-state index contributed by atoms with van der Waals surface area (Å²) in [6.45, 7) is 12.5. The quantitative estimate of drug-likeness (QED) is 0.390. The van der Waals surface area contributed by atoms with Crippen molar-refractivity contribution in [3.05, 3.63) is 0 Å². The number of rotatable bonds is 10. The molecule has 0 spiro atoms. The zero-order valence-electron chi connectivity index (χ0n) is 16.8. The zero-order chi connectivity index (χ0) is 20.4. The average Bonchev–Trinajstić information content (AvgIpc) is 2.42. The molecule has 9 heteroatoms. The first-order valence-corrected chi connectivity index (χ1v) is 12.6. The minimum atomic E-state index is -1.31. The Morgan fingerprint density at radius 2 is 1.69 bits per heavy atom. The van der Waals surface area contributed by atoms with Crippen LogP contribution in [-0.2, 0) is 14.3 Å². The van der Waals surface area contributed by atoms with Crippen LogP contribution in [-0.4, -0.2) is 56.1 Å². The molecule has 0 rings (SSSR count). The second kappa shape index (κ2) is 11.0. The van der Waals surface area contributed by atoms with Gasteiger partial charge in [0, 0.05) is 14.6 Å². The summed E-state index contributed by atoms with van der Waals surface area (Å²) in [5.74, 6) is -1.10. The summed E-state index contributed by atoms with van der Waals surface area (Å²) in [4.78, 5) is 34.4. The molecule has 0 fully saturated rings. The lowest BCUT2D eigenvalue weighted by atomic mass is 10.1. The molecule has 0 aliphatic rings. The Bertz CT molecular complexity index is 471. The van der Waals surface area contributed by atoms with E-state index in [1.54, 1.807) is 20.8 Å². The van der Waals surface area contributed by atoms with Crippen molar-refractivity contribution >= 4 is 26.2 Å². The minimum absolute atomic E-state index is 0.258. The van der Waals surface area contributed by atoms with Crippen molar-refractivity contribution in [3.63, 3.8) is 0 Å². The lowest BCUT2D eigenvalue weighted by Gasteiger charge is -2.19. The van der Waals surface area contributed by atoms with E-state index in [0.29, 0.717) is 26.0 Å². The highest BCUT2D eigenvalue weighted by Gasteiger charge is 2.21. The van der Waals surface area contributed by atoms with E-state index in [0.717, 1.165) is 6.04 Å². The number of carboxylic acids is 1. The molecule has 0 aromatic rings. The van der Waals surface area contributed by atoms with Gasteiger partial charge in [-0.15, -0.1) is 0 Å². The normalized spacial score (nSPS) is 12.8. The molecular weight excluding hydrogens is 356 g/mol. The van der Waals surface area contributed by atoms with Crippen LogP contribution in [0, 0.1) is 0 Å². The minimum Gasteiger partial charge on any atom is -0.480 e. The number of aliphatic carboxylic acids is 1. The predicted octanol–water partition coefficient (Wildman–Crippen LogP) is 3.20. The van der Waals surface area contributed by atoms with Crippen molar-refractivity contribution in [1.82, 2.24) is 10.6 Å². The van der Waals surface area contributed by atoms with Gasteiger partial charge in [-0.1, -0.05) is 19.6 Å². The summed E-state index contributed by atoms with van der Waals surface area (Å²) in [5.41, 5.74) is -0.557. The number of alkyl carbamates (subject to hydrolysis) is 2. The molecule has 0 saturated carbocycles. The van der Waals surface area contributed by atoms with Crippen LogP contribution in [0.3, 0.4) is 0 Å². The summed E-state index contributed by atoms with van der Waals surface area (Å²) < 4.78 is 10.2. The van der Waals surface area contributed by atoms with Gasteiger partial charge < -0.3 is 25.2 Å². The molecule has 0 aliphatic carbocycles.